The molecule has 0 aliphatic carbocycles. The molecule has 39 heavy (non-hydrogen) atoms. The molecule has 3 aromatic rings. The molecule has 1 amide bonds. The number of amides is 1. The van der Waals surface area contributed by atoms with Crippen LogP contribution in [-0.2, 0) is 25.8 Å². The van der Waals surface area contributed by atoms with Gasteiger partial charge in [0.25, 0.3) is 0 Å². The molecule has 14 nitrogen and oxygen atoms in total. The Morgan fingerprint density at radius 3 is 2.46 bits per heavy atom. The summed E-state index contributed by atoms with van der Waals surface area (Å²) in [5, 5.41) is 49.2. The monoisotopic (exact) mass is 583 g/mol. The van der Waals surface area contributed by atoms with E-state index < -0.39 is 68.7 Å². The topological polar surface area (TPSA) is 239 Å². The number of ether oxygens (including phenoxy) is 2. The van der Waals surface area contributed by atoms with Crippen LogP contribution < -0.4 is 15.8 Å². The Labute approximate surface area is 225 Å². The van der Waals surface area contributed by atoms with Gasteiger partial charge >= 0.3 is 12.1 Å². The fourth-order valence-corrected chi connectivity index (χ4v) is 6.87. The van der Waals surface area contributed by atoms with Crippen molar-refractivity contribution in [3.8, 4) is 5.75 Å². The summed E-state index contributed by atoms with van der Waals surface area (Å²) in [5.41, 5.74) is 6.75. The SMILES string of the molecule is Nc1ccc(CC(C(=O)O)S(=O)(=O)c2nc3ccc(OC(=O)NC4C(O)OC(CO)C(O)C4O)cc3s2)cc1. The molecule has 1 fully saturated rings. The van der Waals surface area contributed by atoms with Crippen LogP contribution in [0.3, 0.4) is 0 Å². The Kier molecular flexibility index (Phi) is 8.36. The van der Waals surface area contributed by atoms with Gasteiger partial charge < -0.3 is 46.1 Å². The largest absolute Gasteiger partial charge is 0.480 e. The standard InChI is InChI=1S/C23H25N3O11S2/c24-11-3-1-10(2-4-11)7-16(20(30)31)39(34,35)23-25-13-6-5-12(8-15(13)38-23)36-22(33)26-17-19(29)18(28)14(9-27)37-21(17)32/h1-6,8,14,16-19,21,27-29,32H,7,9,24H2,(H,26,33)(H,30,31). The number of carboxylic acids is 1. The van der Waals surface area contributed by atoms with E-state index in [2.05, 4.69) is 10.3 Å². The maximum absolute atomic E-state index is 13.2. The van der Waals surface area contributed by atoms with Crippen molar-refractivity contribution in [1.82, 2.24) is 10.3 Å². The Bertz CT molecular complexity index is 1460. The first-order chi connectivity index (χ1) is 18.4. The van der Waals surface area contributed by atoms with Crippen LogP contribution in [0.2, 0.25) is 0 Å². The summed E-state index contributed by atoms with van der Waals surface area (Å²) in [7, 11) is -4.40. The van der Waals surface area contributed by atoms with Gasteiger partial charge in [0.1, 0.15) is 30.1 Å². The molecule has 6 unspecified atom stereocenters. The maximum Gasteiger partial charge on any atom is 0.413 e. The minimum absolute atomic E-state index is 0.0567. The van der Waals surface area contributed by atoms with Crippen molar-refractivity contribution in [3.05, 3.63) is 48.0 Å². The van der Waals surface area contributed by atoms with Crippen LogP contribution >= 0.6 is 11.3 Å². The van der Waals surface area contributed by atoms with E-state index in [0.29, 0.717) is 22.6 Å². The van der Waals surface area contributed by atoms with Crippen molar-refractivity contribution in [2.45, 2.75) is 46.7 Å². The lowest BCUT2D eigenvalue weighted by Gasteiger charge is -2.39. The van der Waals surface area contributed by atoms with Gasteiger partial charge in [-0.05, 0) is 29.8 Å². The molecule has 0 saturated carbocycles. The van der Waals surface area contributed by atoms with Crippen molar-refractivity contribution >= 4 is 49.1 Å². The van der Waals surface area contributed by atoms with E-state index in [0.717, 1.165) is 0 Å². The number of nitrogen functional groups attached to an aromatic ring is 1. The highest BCUT2D eigenvalue weighted by atomic mass is 32.2. The number of fused-ring (bicyclic) bond motifs is 1. The van der Waals surface area contributed by atoms with Crippen LogP contribution in [0.5, 0.6) is 5.75 Å². The van der Waals surface area contributed by atoms with Crippen LogP contribution in [0.25, 0.3) is 10.2 Å². The highest BCUT2D eigenvalue weighted by molar-refractivity contribution is 7.94. The number of benzene rings is 2. The summed E-state index contributed by atoms with van der Waals surface area (Å²) in [6, 6.07) is 8.65. The van der Waals surface area contributed by atoms with E-state index in [9.17, 15) is 38.4 Å². The van der Waals surface area contributed by atoms with Crippen LogP contribution in [-0.4, -0.2) is 93.5 Å². The van der Waals surface area contributed by atoms with E-state index in [4.69, 9.17) is 20.3 Å². The molecule has 1 aliphatic rings. The van der Waals surface area contributed by atoms with Crippen LogP contribution in [0.4, 0.5) is 10.5 Å². The first kappa shape index (κ1) is 28.6. The number of aliphatic carboxylic acids is 1. The fraction of sp³-hybridized carbons (Fsp3) is 0.348. The van der Waals surface area contributed by atoms with Gasteiger partial charge in [-0.2, -0.15) is 0 Å². The average molecular weight is 584 g/mol. The second-order valence-electron chi connectivity index (χ2n) is 8.72. The molecule has 2 aromatic carbocycles. The average Bonchev–Trinajstić information content (AvgIpc) is 3.32. The lowest BCUT2D eigenvalue weighted by molar-refractivity contribution is -0.252. The molecule has 1 aromatic heterocycles. The summed E-state index contributed by atoms with van der Waals surface area (Å²) in [6.07, 6.45) is -7.71. The molecule has 8 N–H and O–H groups in total. The zero-order chi connectivity index (χ0) is 28.5. The van der Waals surface area contributed by atoms with Crippen molar-refractivity contribution in [2.75, 3.05) is 12.3 Å². The van der Waals surface area contributed by atoms with E-state index >= 15 is 0 Å². The summed E-state index contributed by atoms with van der Waals surface area (Å²) < 4.78 is 36.3. The third-order valence-electron chi connectivity index (χ3n) is 6.03. The smallest absolute Gasteiger partial charge is 0.413 e. The van der Waals surface area contributed by atoms with Crippen LogP contribution in [0.1, 0.15) is 5.56 Å². The number of rotatable bonds is 8. The quantitative estimate of drug-likeness (QED) is 0.162. The van der Waals surface area contributed by atoms with Gasteiger partial charge in [0.05, 0.1) is 16.8 Å². The summed E-state index contributed by atoms with van der Waals surface area (Å²) >= 11 is 0.693. The molecule has 0 spiro atoms. The van der Waals surface area contributed by atoms with Gasteiger partial charge in [0.15, 0.2) is 11.5 Å². The van der Waals surface area contributed by atoms with Crippen molar-refractivity contribution in [1.29, 1.82) is 0 Å². The molecule has 210 valence electrons. The lowest BCUT2D eigenvalue weighted by atomic mass is 9.97. The normalized spacial score (nSPS) is 24.3. The molecule has 2 heterocycles. The molecular weight excluding hydrogens is 558 g/mol. The second kappa shape index (κ2) is 11.4. The number of nitrogens with one attached hydrogen (secondary N) is 1. The molecule has 4 rings (SSSR count). The number of aromatic nitrogens is 1. The summed E-state index contributed by atoms with van der Waals surface area (Å²) in [4.78, 5) is 28.3. The fourth-order valence-electron chi connectivity index (χ4n) is 3.91. The molecule has 0 radical (unpaired) electrons. The van der Waals surface area contributed by atoms with Gasteiger partial charge in [0, 0.05) is 18.2 Å². The Morgan fingerprint density at radius 2 is 1.82 bits per heavy atom. The van der Waals surface area contributed by atoms with E-state index in [1.54, 1.807) is 0 Å². The van der Waals surface area contributed by atoms with E-state index in [1.165, 1.54) is 42.5 Å². The number of sulfone groups is 1. The first-order valence-electron chi connectivity index (χ1n) is 11.4. The highest BCUT2D eigenvalue weighted by Crippen LogP contribution is 2.32. The van der Waals surface area contributed by atoms with E-state index in [1.807, 2.05) is 0 Å². The van der Waals surface area contributed by atoms with Crippen LogP contribution in [0.15, 0.2) is 46.8 Å². The predicted molar refractivity (Wildman–Crippen MR) is 136 cm³/mol. The predicted octanol–water partition coefficient (Wildman–Crippen LogP) is -0.764. The number of carbonyl (C=O) groups is 2. The second-order valence-corrected chi connectivity index (χ2v) is 12.1. The van der Waals surface area contributed by atoms with Crippen molar-refractivity contribution in [3.63, 3.8) is 0 Å². The highest BCUT2D eigenvalue weighted by Gasteiger charge is 2.44. The van der Waals surface area contributed by atoms with Gasteiger partial charge in [-0.15, -0.1) is 11.3 Å². The number of aliphatic hydroxyl groups excluding tert-OH is 4. The zero-order valence-corrected chi connectivity index (χ0v) is 21.6. The minimum Gasteiger partial charge on any atom is -0.480 e. The Hall–Kier alpha value is -3.38. The zero-order valence-electron chi connectivity index (χ0n) is 19.9. The molecule has 6 atom stereocenters. The maximum atomic E-state index is 13.2. The number of thiazole rings is 1. The number of anilines is 1. The molecular formula is C23H25N3O11S2. The Balaban J connectivity index is 1.50. The van der Waals surface area contributed by atoms with Gasteiger partial charge in [-0.25, -0.2) is 18.2 Å². The minimum atomic E-state index is -4.40. The van der Waals surface area contributed by atoms with Crippen LogP contribution in [0, 0.1) is 0 Å². The lowest BCUT2D eigenvalue weighted by Crippen LogP contribution is -2.64. The van der Waals surface area contributed by atoms with E-state index in [-0.39, 0.29) is 22.4 Å². The third-order valence-corrected chi connectivity index (χ3v) is 9.48. The number of carboxylic acid groups (broad SMARTS) is 1. The molecule has 16 heteroatoms. The van der Waals surface area contributed by atoms with Crippen molar-refractivity contribution < 1.29 is 53.0 Å². The number of hydrogen-bond donors (Lipinski definition) is 7. The number of nitrogens with two attached hydrogens (primary N) is 1. The number of aliphatic hydroxyl groups is 4. The van der Waals surface area contributed by atoms with Gasteiger partial charge in [-0.1, -0.05) is 12.1 Å². The Morgan fingerprint density at radius 1 is 1.13 bits per heavy atom. The van der Waals surface area contributed by atoms with Crippen molar-refractivity contribution in [2.24, 2.45) is 0 Å². The summed E-state index contributed by atoms with van der Waals surface area (Å²) in [6.45, 7) is -0.673. The summed E-state index contributed by atoms with van der Waals surface area (Å²) in [5.74, 6) is -1.60. The van der Waals surface area contributed by atoms with Gasteiger partial charge in [0.2, 0.25) is 14.2 Å². The molecule has 0 bridgehead atoms. The number of hydrogen-bond acceptors (Lipinski definition) is 13. The van der Waals surface area contributed by atoms with Gasteiger partial charge in [-0.3, -0.25) is 4.79 Å². The number of carbonyl (C=O) groups excluding carboxylic acids is 1. The molecule has 1 aliphatic heterocycles. The number of nitrogens with zero attached hydrogens (tertiary/aromatic N) is 1. The molecule has 1 saturated heterocycles. The third kappa shape index (κ3) is 6.11. The first-order valence-corrected chi connectivity index (χ1v) is 13.8.